The number of piperidine rings is 1. The van der Waals surface area contributed by atoms with Gasteiger partial charge in [0.15, 0.2) is 0 Å². The zero-order valence-electron chi connectivity index (χ0n) is 10.5. The zero-order valence-corrected chi connectivity index (χ0v) is 10.5. The average molecular weight is 213 g/mol. The van der Waals surface area contributed by atoms with Gasteiger partial charge in [-0.25, -0.2) is 4.79 Å². The van der Waals surface area contributed by atoms with Gasteiger partial charge < -0.3 is 9.64 Å². The first-order valence-electron chi connectivity index (χ1n) is 5.82. The molecule has 15 heavy (non-hydrogen) atoms. The van der Waals surface area contributed by atoms with E-state index in [9.17, 15) is 4.79 Å². The van der Waals surface area contributed by atoms with Crippen molar-refractivity contribution >= 4 is 6.09 Å². The maximum Gasteiger partial charge on any atom is 0.410 e. The average Bonchev–Trinajstić information content (AvgIpc) is 1.99. The van der Waals surface area contributed by atoms with E-state index >= 15 is 0 Å². The molecule has 1 aliphatic heterocycles. The largest absolute Gasteiger partial charge is 0.444 e. The number of nitrogens with zero attached hydrogens (tertiary/aromatic N) is 1. The van der Waals surface area contributed by atoms with Gasteiger partial charge in [0, 0.05) is 12.1 Å². The van der Waals surface area contributed by atoms with E-state index in [4.69, 9.17) is 4.74 Å². The van der Waals surface area contributed by atoms with Crippen LogP contribution in [0.3, 0.4) is 0 Å². The molecule has 0 aliphatic carbocycles. The summed E-state index contributed by atoms with van der Waals surface area (Å²) in [6.07, 6.45) is 3.22. The highest BCUT2D eigenvalue weighted by molar-refractivity contribution is 5.69. The van der Waals surface area contributed by atoms with Gasteiger partial charge in [-0.2, -0.15) is 0 Å². The highest BCUT2D eigenvalue weighted by atomic mass is 16.6. The fourth-order valence-corrected chi connectivity index (χ4v) is 2.10. The molecule has 1 fully saturated rings. The highest BCUT2D eigenvalue weighted by Crippen LogP contribution is 2.24. The Bertz CT molecular complexity index is 222. The summed E-state index contributed by atoms with van der Waals surface area (Å²) in [7, 11) is 0. The van der Waals surface area contributed by atoms with Crippen LogP contribution >= 0.6 is 0 Å². The summed E-state index contributed by atoms with van der Waals surface area (Å²) in [5, 5.41) is 0. The molecule has 0 radical (unpaired) electrons. The summed E-state index contributed by atoms with van der Waals surface area (Å²) in [6.45, 7) is 9.91. The smallest absolute Gasteiger partial charge is 0.410 e. The van der Waals surface area contributed by atoms with Gasteiger partial charge in [-0.15, -0.1) is 0 Å². The van der Waals surface area contributed by atoms with Gasteiger partial charge in [0.25, 0.3) is 0 Å². The number of ether oxygens (including phenoxy) is 1. The molecule has 0 aromatic carbocycles. The van der Waals surface area contributed by atoms with Crippen LogP contribution in [0.2, 0.25) is 0 Å². The molecule has 88 valence electrons. The molecule has 0 spiro atoms. The van der Waals surface area contributed by atoms with Gasteiger partial charge in [0.2, 0.25) is 0 Å². The normalized spacial score (nSPS) is 27.7. The lowest BCUT2D eigenvalue weighted by molar-refractivity contribution is -0.0000287. The second kappa shape index (κ2) is 4.42. The van der Waals surface area contributed by atoms with Crippen LogP contribution in [0.15, 0.2) is 0 Å². The Hall–Kier alpha value is -0.730. The van der Waals surface area contributed by atoms with E-state index in [2.05, 4.69) is 13.8 Å². The Labute approximate surface area is 92.8 Å². The number of hydrogen-bond donors (Lipinski definition) is 0. The van der Waals surface area contributed by atoms with Gasteiger partial charge in [-0.05, 0) is 53.9 Å². The Balaban J connectivity index is 2.64. The fraction of sp³-hybridized carbons (Fsp3) is 0.917. The minimum Gasteiger partial charge on any atom is -0.444 e. The third-order valence-corrected chi connectivity index (χ3v) is 2.80. The minimum atomic E-state index is -0.395. The SMILES string of the molecule is CC1CCCC(C)N1C(=O)OC(C)(C)C. The first kappa shape index (κ1) is 12.3. The van der Waals surface area contributed by atoms with E-state index in [1.165, 1.54) is 6.42 Å². The van der Waals surface area contributed by atoms with Crippen molar-refractivity contribution in [2.24, 2.45) is 0 Å². The molecular formula is C12H23NO2. The molecule has 1 aliphatic rings. The fourth-order valence-electron chi connectivity index (χ4n) is 2.10. The second-order valence-electron chi connectivity index (χ2n) is 5.52. The van der Waals surface area contributed by atoms with Crippen molar-refractivity contribution in [1.29, 1.82) is 0 Å². The maximum absolute atomic E-state index is 11.9. The summed E-state index contributed by atoms with van der Waals surface area (Å²) in [4.78, 5) is 13.8. The van der Waals surface area contributed by atoms with Crippen molar-refractivity contribution in [2.45, 2.75) is 71.6 Å². The molecule has 0 saturated carbocycles. The number of carbonyl (C=O) groups is 1. The number of carbonyl (C=O) groups excluding carboxylic acids is 1. The van der Waals surface area contributed by atoms with E-state index in [1.807, 2.05) is 25.7 Å². The Morgan fingerprint density at radius 1 is 1.20 bits per heavy atom. The van der Waals surface area contributed by atoms with Crippen molar-refractivity contribution in [3.05, 3.63) is 0 Å². The van der Waals surface area contributed by atoms with Crippen LogP contribution in [0, 0.1) is 0 Å². The molecule has 0 aromatic rings. The predicted molar refractivity (Wildman–Crippen MR) is 60.8 cm³/mol. The van der Waals surface area contributed by atoms with Crippen LogP contribution in [0.1, 0.15) is 53.9 Å². The first-order valence-corrected chi connectivity index (χ1v) is 5.82. The van der Waals surface area contributed by atoms with Crippen LogP contribution in [0.5, 0.6) is 0 Å². The van der Waals surface area contributed by atoms with Crippen LogP contribution in [-0.4, -0.2) is 28.7 Å². The standard InChI is InChI=1S/C12H23NO2/c1-9-7-6-8-10(2)13(9)11(14)15-12(3,4)5/h9-10H,6-8H2,1-5H3. The van der Waals surface area contributed by atoms with E-state index in [0.29, 0.717) is 12.1 Å². The Kier molecular flexibility index (Phi) is 3.63. The predicted octanol–water partition coefficient (Wildman–Crippen LogP) is 3.18. The topological polar surface area (TPSA) is 29.5 Å². The number of rotatable bonds is 0. The van der Waals surface area contributed by atoms with E-state index < -0.39 is 5.60 Å². The van der Waals surface area contributed by atoms with E-state index in [0.717, 1.165) is 12.8 Å². The van der Waals surface area contributed by atoms with Crippen molar-refractivity contribution < 1.29 is 9.53 Å². The lowest BCUT2D eigenvalue weighted by atomic mass is 9.98. The Morgan fingerprint density at radius 3 is 2.07 bits per heavy atom. The van der Waals surface area contributed by atoms with Crippen molar-refractivity contribution in [3.63, 3.8) is 0 Å². The number of hydrogen-bond acceptors (Lipinski definition) is 2. The first-order chi connectivity index (χ1) is 6.81. The van der Waals surface area contributed by atoms with Crippen molar-refractivity contribution in [1.82, 2.24) is 4.90 Å². The maximum atomic E-state index is 11.9. The molecule has 0 bridgehead atoms. The monoisotopic (exact) mass is 213 g/mol. The third kappa shape index (κ3) is 3.40. The summed E-state index contributed by atoms with van der Waals surface area (Å²) < 4.78 is 5.40. The molecule has 1 rings (SSSR count). The van der Waals surface area contributed by atoms with Gasteiger partial charge in [0.05, 0.1) is 0 Å². The van der Waals surface area contributed by atoms with Crippen LogP contribution in [0.4, 0.5) is 4.79 Å². The summed E-state index contributed by atoms with van der Waals surface area (Å²) in [5.41, 5.74) is -0.395. The molecule has 3 heteroatoms. The Morgan fingerprint density at radius 2 is 1.67 bits per heavy atom. The number of amides is 1. The quantitative estimate of drug-likeness (QED) is 0.618. The van der Waals surface area contributed by atoms with Crippen LogP contribution < -0.4 is 0 Å². The van der Waals surface area contributed by atoms with E-state index in [1.54, 1.807) is 0 Å². The molecule has 0 N–H and O–H groups in total. The molecule has 1 amide bonds. The highest BCUT2D eigenvalue weighted by Gasteiger charge is 2.32. The van der Waals surface area contributed by atoms with Gasteiger partial charge in [-0.3, -0.25) is 0 Å². The third-order valence-electron chi connectivity index (χ3n) is 2.80. The molecule has 0 aromatic heterocycles. The van der Waals surface area contributed by atoms with Crippen LogP contribution in [-0.2, 0) is 4.74 Å². The lowest BCUT2D eigenvalue weighted by Crippen LogP contribution is -2.49. The van der Waals surface area contributed by atoms with Crippen molar-refractivity contribution in [3.8, 4) is 0 Å². The zero-order chi connectivity index (χ0) is 11.6. The lowest BCUT2D eigenvalue weighted by Gasteiger charge is -2.39. The summed E-state index contributed by atoms with van der Waals surface area (Å²) in [6, 6.07) is 0.618. The minimum absolute atomic E-state index is 0.165. The molecular weight excluding hydrogens is 190 g/mol. The second-order valence-corrected chi connectivity index (χ2v) is 5.52. The number of likely N-dealkylation sites (tertiary alicyclic amines) is 1. The van der Waals surface area contributed by atoms with Crippen molar-refractivity contribution in [2.75, 3.05) is 0 Å². The molecule has 2 atom stereocenters. The summed E-state index contributed by atoms with van der Waals surface area (Å²) in [5.74, 6) is 0. The van der Waals surface area contributed by atoms with E-state index in [-0.39, 0.29) is 6.09 Å². The molecule has 3 nitrogen and oxygen atoms in total. The van der Waals surface area contributed by atoms with Gasteiger partial charge in [-0.1, -0.05) is 0 Å². The molecule has 2 unspecified atom stereocenters. The molecule has 1 saturated heterocycles. The van der Waals surface area contributed by atoms with Gasteiger partial charge >= 0.3 is 6.09 Å². The van der Waals surface area contributed by atoms with Crippen LogP contribution in [0.25, 0.3) is 0 Å². The summed E-state index contributed by atoms with van der Waals surface area (Å²) >= 11 is 0. The van der Waals surface area contributed by atoms with Gasteiger partial charge in [0.1, 0.15) is 5.60 Å². The molecule has 1 heterocycles.